The van der Waals surface area contributed by atoms with Crippen LogP contribution in [0.15, 0.2) is 12.3 Å². The average molecular weight is 223 g/mol. The Morgan fingerprint density at radius 3 is 2.94 bits per heavy atom. The Morgan fingerprint density at radius 2 is 2.38 bits per heavy atom. The van der Waals surface area contributed by atoms with Crippen molar-refractivity contribution in [1.29, 1.82) is 0 Å². The van der Waals surface area contributed by atoms with Crippen molar-refractivity contribution in [2.75, 3.05) is 13.6 Å². The van der Waals surface area contributed by atoms with Gasteiger partial charge in [0.05, 0.1) is 5.69 Å². The predicted octanol–water partition coefficient (Wildman–Crippen LogP) is 1.20. The smallest absolute Gasteiger partial charge is 0.120 e. The van der Waals surface area contributed by atoms with Gasteiger partial charge in [0.25, 0.3) is 0 Å². The van der Waals surface area contributed by atoms with E-state index < -0.39 is 5.60 Å². The molecule has 1 aromatic heterocycles. The molecule has 2 unspecified atom stereocenters. The third-order valence-corrected chi connectivity index (χ3v) is 3.53. The molecule has 0 aliphatic carbocycles. The molecule has 1 saturated heterocycles. The second-order valence-corrected chi connectivity index (χ2v) is 4.94. The van der Waals surface area contributed by atoms with Crippen molar-refractivity contribution >= 4 is 0 Å². The highest BCUT2D eigenvalue weighted by atomic mass is 16.3. The third-order valence-electron chi connectivity index (χ3n) is 3.53. The largest absolute Gasteiger partial charge is 0.382 e. The van der Waals surface area contributed by atoms with Crippen LogP contribution < -0.4 is 0 Å². The third kappa shape index (κ3) is 1.87. The van der Waals surface area contributed by atoms with Crippen LogP contribution in [0.5, 0.6) is 0 Å². The second kappa shape index (κ2) is 4.18. The first kappa shape index (κ1) is 11.6. The highest BCUT2D eigenvalue weighted by molar-refractivity contribution is 5.16. The van der Waals surface area contributed by atoms with Gasteiger partial charge in [-0.2, -0.15) is 5.10 Å². The van der Waals surface area contributed by atoms with Gasteiger partial charge in [-0.05, 0) is 32.9 Å². The molecule has 1 aliphatic rings. The van der Waals surface area contributed by atoms with E-state index in [0.717, 1.165) is 25.1 Å². The summed E-state index contributed by atoms with van der Waals surface area (Å²) in [5, 5.41) is 15.0. The van der Waals surface area contributed by atoms with Crippen LogP contribution in [0.4, 0.5) is 0 Å². The number of β-amino-alcohol motifs (C(OH)–C–C–N with tert-alkyl or cyclic N) is 1. The number of hydrogen-bond donors (Lipinski definition) is 1. The lowest BCUT2D eigenvalue weighted by Gasteiger charge is -2.23. The lowest BCUT2D eigenvalue weighted by molar-refractivity contribution is 0.0391. The molecular formula is C12H21N3O. The lowest BCUT2D eigenvalue weighted by atomic mass is 9.96. The summed E-state index contributed by atoms with van der Waals surface area (Å²) < 4.78 is 1.94. The number of nitrogens with zero attached hydrogens (tertiary/aromatic N) is 3. The number of hydrogen-bond acceptors (Lipinski definition) is 3. The quantitative estimate of drug-likeness (QED) is 0.837. The van der Waals surface area contributed by atoms with Crippen molar-refractivity contribution in [3.8, 4) is 0 Å². The highest BCUT2D eigenvalue weighted by Gasteiger charge is 2.42. The molecule has 1 fully saturated rings. The van der Waals surface area contributed by atoms with Crippen molar-refractivity contribution in [3.05, 3.63) is 18.0 Å². The topological polar surface area (TPSA) is 41.3 Å². The zero-order valence-corrected chi connectivity index (χ0v) is 10.3. The molecule has 2 atom stereocenters. The molecule has 0 bridgehead atoms. The maximum atomic E-state index is 10.7. The van der Waals surface area contributed by atoms with Gasteiger partial charge in [-0.1, -0.05) is 6.92 Å². The molecule has 1 aromatic rings. The van der Waals surface area contributed by atoms with E-state index in [-0.39, 0.29) is 0 Å². The summed E-state index contributed by atoms with van der Waals surface area (Å²) in [6.07, 6.45) is 3.61. The molecule has 16 heavy (non-hydrogen) atoms. The fourth-order valence-corrected chi connectivity index (χ4v) is 2.58. The number of aryl methyl sites for hydroxylation is 1. The molecular weight excluding hydrogens is 202 g/mol. The van der Waals surface area contributed by atoms with Crippen molar-refractivity contribution in [3.63, 3.8) is 0 Å². The average Bonchev–Trinajstić information content (AvgIpc) is 2.75. The van der Waals surface area contributed by atoms with Crippen LogP contribution in [-0.4, -0.2) is 39.4 Å². The van der Waals surface area contributed by atoms with E-state index in [1.807, 2.05) is 10.7 Å². The molecule has 4 nitrogen and oxygen atoms in total. The van der Waals surface area contributed by atoms with Crippen LogP contribution in [0.25, 0.3) is 0 Å². The Morgan fingerprint density at radius 1 is 1.62 bits per heavy atom. The molecule has 2 rings (SSSR count). The van der Waals surface area contributed by atoms with E-state index in [4.69, 9.17) is 0 Å². The summed E-state index contributed by atoms with van der Waals surface area (Å²) in [7, 11) is 2.06. The summed E-state index contributed by atoms with van der Waals surface area (Å²) in [6.45, 7) is 5.85. The van der Waals surface area contributed by atoms with Gasteiger partial charge in [-0.3, -0.25) is 4.68 Å². The van der Waals surface area contributed by atoms with Gasteiger partial charge in [-0.15, -0.1) is 0 Å². The zero-order valence-electron chi connectivity index (χ0n) is 10.3. The first-order valence-corrected chi connectivity index (χ1v) is 6.02. The summed E-state index contributed by atoms with van der Waals surface area (Å²) in [4.78, 5) is 2.20. The van der Waals surface area contributed by atoms with Crippen molar-refractivity contribution in [2.45, 2.75) is 44.9 Å². The van der Waals surface area contributed by atoms with E-state index in [2.05, 4.69) is 30.9 Å². The standard InChI is InChI=1S/C12H21N3O/c1-4-7-15-11(5-6-13-15)12(16)8-10(2)14(3)9-12/h5-6,10,16H,4,7-9H2,1-3H3. The van der Waals surface area contributed by atoms with Gasteiger partial charge in [0, 0.05) is 25.3 Å². The number of aromatic nitrogens is 2. The Hall–Kier alpha value is -0.870. The van der Waals surface area contributed by atoms with Gasteiger partial charge in [0.1, 0.15) is 5.60 Å². The maximum Gasteiger partial charge on any atom is 0.120 e. The lowest BCUT2D eigenvalue weighted by Crippen LogP contribution is -2.32. The molecule has 0 amide bonds. The summed E-state index contributed by atoms with van der Waals surface area (Å²) in [6, 6.07) is 2.37. The Balaban J connectivity index is 2.26. The highest BCUT2D eigenvalue weighted by Crippen LogP contribution is 2.34. The van der Waals surface area contributed by atoms with Gasteiger partial charge in [-0.25, -0.2) is 0 Å². The monoisotopic (exact) mass is 223 g/mol. The second-order valence-electron chi connectivity index (χ2n) is 4.94. The minimum Gasteiger partial charge on any atom is -0.382 e. The van der Waals surface area contributed by atoms with Gasteiger partial charge in [0.15, 0.2) is 0 Å². The summed E-state index contributed by atoms with van der Waals surface area (Å²) in [5.41, 5.74) is 0.241. The van der Waals surface area contributed by atoms with Crippen molar-refractivity contribution in [1.82, 2.24) is 14.7 Å². The SMILES string of the molecule is CCCn1nccc1C1(O)CC(C)N(C)C1. The minimum absolute atomic E-state index is 0.426. The zero-order chi connectivity index (χ0) is 11.8. The van der Waals surface area contributed by atoms with Crippen LogP contribution in [0.3, 0.4) is 0 Å². The Bertz CT molecular complexity index is 351. The van der Waals surface area contributed by atoms with Crippen LogP contribution in [0, 0.1) is 0 Å². The normalized spacial score (nSPS) is 31.1. The first-order valence-electron chi connectivity index (χ1n) is 6.02. The fourth-order valence-electron chi connectivity index (χ4n) is 2.58. The van der Waals surface area contributed by atoms with E-state index in [0.29, 0.717) is 12.6 Å². The molecule has 4 heteroatoms. The summed E-state index contributed by atoms with van der Waals surface area (Å²) in [5.74, 6) is 0. The van der Waals surface area contributed by atoms with Crippen LogP contribution in [0.1, 0.15) is 32.4 Å². The van der Waals surface area contributed by atoms with Crippen LogP contribution in [0.2, 0.25) is 0 Å². The molecule has 0 aromatic carbocycles. The molecule has 0 saturated carbocycles. The first-order chi connectivity index (χ1) is 7.57. The summed E-state index contributed by atoms with van der Waals surface area (Å²) >= 11 is 0. The van der Waals surface area contributed by atoms with E-state index in [1.165, 1.54) is 0 Å². The minimum atomic E-state index is -0.722. The number of aliphatic hydroxyl groups is 1. The molecule has 90 valence electrons. The molecule has 2 heterocycles. The maximum absolute atomic E-state index is 10.7. The Kier molecular flexibility index (Phi) is 3.04. The van der Waals surface area contributed by atoms with Gasteiger partial charge >= 0.3 is 0 Å². The van der Waals surface area contributed by atoms with Crippen molar-refractivity contribution in [2.24, 2.45) is 0 Å². The number of likely N-dealkylation sites (N-methyl/N-ethyl adjacent to an activating group) is 1. The van der Waals surface area contributed by atoms with E-state index in [1.54, 1.807) is 6.20 Å². The van der Waals surface area contributed by atoms with E-state index in [9.17, 15) is 5.11 Å². The van der Waals surface area contributed by atoms with Crippen LogP contribution >= 0.6 is 0 Å². The van der Waals surface area contributed by atoms with Gasteiger partial charge < -0.3 is 10.0 Å². The fraction of sp³-hybridized carbons (Fsp3) is 0.750. The molecule has 0 radical (unpaired) electrons. The van der Waals surface area contributed by atoms with Gasteiger partial charge in [0.2, 0.25) is 0 Å². The predicted molar refractivity (Wildman–Crippen MR) is 63.1 cm³/mol. The van der Waals surface area contributed by atoms with Crippen LogP contribution in [-0.2, 0) is 12.1 Å². The number of likely N-dealkylation sites (tertiary alicyclic amines) is 1. The van der Waals surface area contributed by atoms with E-state index >= 15 is 0 Å². The molecule has 1 N–H and O–H groups in total. The Labute approximate surface area is 96.9 Å². The molecule has 1 aliphatic heterocycles. The molecule has 0 spiro atoms. The number of rotatable bonds is 3. The van der Waals surface area contributed by atoms with Crippen molar-refractivity contribution < 1.29 is 5.11 Å².